The van der Waals surface area contributed by atoms with Crippen molar-refractivity contribution in [2.45, 2.75) is 37.0 Å². The Morgan fingerprint density at radius 2 is 1.87 bits per heavy atom. The van der Waals surface area contributed by atoms with E-state index >= 15 is 0 Å². The largest absolute Gasteiger partial charge is 0.480 e. The second-order valence-electron chi connectivity index (χ2n) is 7.14. The van der Waals surface area contributed by atoms with Gasteiger partial charge in [-0.3, -0.25) is 9.59 Å². The number of hydrogen-bond acceptors (Lipinski definition) is 3. The summed E-state index contributed by atoms with van der Waals surface area (Å²) in [5.74, 6) is -0.787. The number of carboxylic acid groups (broad SMARTS) is 1. The first-order chi connectivity index (χ1) is 14.4. The maximum absolute atomic E-state index is 12.8. The van der Waals surface area contributed by atoms with Crippen LogP contribution in [-0.2, 0) is 11.3 Å². The van der Waals surface area contributed by atoms with Crippen molar-refractivity contribution in [2.75, 3.05) is 0 Å². The third-order valence-electron chi connectivity index (χ3n) is 4.74. The summed E-state index contributed by atoms with van der Waals surface area (Å²) in [6, 6.07) is 19.2. The minimum Gasteiger partial charge on any atom is -0.480 e. The Balaban J connectivity index is 1.60. The quantitative estimate of drug-likeness (QED) is 0.357. The van der Waals surface area contributed by atoms with Crippen LogP contribution in [0.2, 0.25) is 0 Å². The van der Waals surface area contributed by atoms with E-state index in [9.17, 15) is 9.59 Å². The van der Waals surface area contributed by atoms with E-state index in [0.29, 0.717) is 17.8 Å². The van der Waals surface area contributed by atoms with Crippen molar-refractivity contribution in [3.63, 3.8) is 0 Å². The first kappa shape index (κ1) is 21.7. The van der Waals surface area contributed by atoms with E-state index in [-0.39, 0.29) is 5.78 Å². The maximum Gasteiger partial charge on any atom is 0.316 e. The Bertz CT molecular complexity index is 1050. The summed E-state index contributed by atoms with van der Waals surface area (Å²) in [5, 5.41) is 8.58. The van der Waals surface area contributed by atoms with Crippen molar-refractivity contribution in [3.8, 4) is 0 Å². The number of nitrogens with zero attached hydrogens (tertiary/aromatic N) is 1. The Morgan fingerprint density at radius 3 is 2.60 bits per heavy atom. The fourth-order valence-electron chi connectivity index (χ4n) is 3.05. The number of aliphatic carboxylic acids is 1. The standard InChI is InChI=1S/C25H25NO3S/c1-18-11-13-21(14-12-18)24(27)23-10-6-16-26(23)15-4-3-7-20-8-5-9-22(17-20)30-19(2)25(28)29/h3,5-14,16-17,19H,4,15H2,1-2H3,(H,28,29)/b7-3+. The molecule has 0 fully saturated rings. The second-order valence-corrected chi connectivity index (χ2v) is 8.56. The maximum atomic E-state index is 12.8. The smallest absolute Gasteiger partial charge is 0.316 e. The van der Waals surface area contributed by atoms with Gasteiger partial charge >= 0.3 is 5.97 Å². The minimum atomic E-state index is -0.816. The molecule has 2 aromatic carbocycles. The third kappa shape index (κ3) is 5.74. The lowest BCUT2D eigenvalue weighted by molar-refractivity contribution is -0.136. The van der Waals surface area contributed by atoms with Crippen LogP contribution in [0.1, 0.15) is 40.5 Å². The van der Waals surface area contributed by atoms with Gasteiger partial charge in [0, 0.05) is 23.2 Å². The third-order valence-corrected chi connectivity index (χ3v) is 5.82. The zero-order valence-electron chi connectivity index (χ0n) is 17.1. The molecule has 30 heavy (non-hydrogen) atoms. The van der Waals surface area contributed by atoms with Crippen molar-refractivity contribution in [1.29, 1.82) is 0 Å². The summed E-state index contributed by atoms with van der Waals surface area (Å²) in [6.45, 7) is 4.40. The molecule has 1 unspecified atom stereocenters. The summed E-state index contributed by atoms with van der Waals surface area (Å²) in [7, 11) is 0. The van der Waals surface area contributed by atoms with Gasteiger partial charge in [-0.25, -0.2) is 0 Å². The molecular formula is C25H25NO3S. The van der Waals surface area contributed by atoms with Crippen LogP contribution in [0.15, 0.2) is 77.8 Å². The molecule has 3 aromatic rings. The molecule has 154 valence electrons. The number of thioether (sulfide) groups is 1. The molecule has 0 amide bonds. The Hall–Kier alpha value is -3.05. The SMILES string of the molecule is Cc1ccc(C(=O)c2cccn2CC/C=C/c2cccc(SC(C)C(=O)O)c2)cc1. The normalized spacial score (nSPS) is 12.2. The van der Waals surface area contributed by atoms with Crippen LogP contribution >= 0.6 is 11.8 Å². The zero-order valence-corrected chi connectivity index (χ0v) is 17.9. The van der Waals surface area contributed by atoms with Crippen molar-refractivity contribution in [2.24, 2.45) is 0 Å². The summed E-state index contributed by atoms with van der Waals surface area (Å²) >= 11 is 1.33. The number of aryl methyl sites for hydroxylation is 2. The highest BCUT2D eigenvalue weighted by atomic mass is 32.2. The van der Waals surface area contributed by atoms with Crippen LogP contribution in [0, 0.1) is 6.92 Å². The molecule has 1 aromatic heterocycles. The van der Waals surface area contributed by atoms with Crippen LogP contribution < -0.4 is 0 Å². The van der Waals surface area contributed by atoms with Gasteiger partial charge in [-0.1, -0.05) is 54.1 Å². The Morgan fingerprint density at radius 1 is 1.10 bits per heavy atom. The van der Waals surface area contributed by atoms with E-state index in [1.807, 2.05) is 84.4 Å². The number of carbonyl (C=O) groups is 2. The lowest BCUT2D eigenvalue weighted by Gasteiger charge is -2.08. The van der Waals surface area contributed by atoms with Gasteiger partial charge in [0.15, 0.2) is 0 Å². The molecular weight excluding hydrogens is 394 g/mol. The molecule has 1 atom stereocenters. The Labute approximate surface area is 181 Å². The van der Waals surface area contributed by atoms with Gasteiger partial charge in [-0.15, -0.1) is 11.8 Å². The fraction of sp³-hybridized carbons (Fsp3) is 0.200. The van der Waals surface area contributed by atoms with Gasteiger partial charge in [0.25, 0.3) is 0 Å². The predicted octanol–water partition coefficient (Wildman–Crippen LogP) is 5.70. The summed E-state index contributed by atoms with van der Waals surface area (Å²) < 4.78 is 1.98. The molecule has 0 bridgehead atoms. The highest BCUT2D eigenvalue weighted by molar-refractivity contribution is 8.00. The van der Waals surface area contributed by atoms with Crippen LogP contribution in [-0.4, -0.2) is 26.7 Å². The minimum absolute atomic E-state index is 0.0289. The topological polar surface area (TPSA) is 59.3 Å². The molecule has 4 nitrogen and oxygen atoms in total. The highest BCUT2D eigenvalue weighted by Gasteiger charge is 2.13. The number of benzene rings is 2. The van der Waals surface area contributed by atoms with Gasteiger partial charge in [0.1, 0.15) is 5.25 Å². The highest BCUT2D eigenvalue weighted by Crippen LogP contribution is 2.24. The number of aromatic nitrogens is 1. The molecule has 0 saturated carbocycles. The van der Waals surface area contributed by atoms with Crippen LogP contribution in [0.5, 0.6) is 0 Å². The molecule has 0 aliphatic heterocycles. The molecule has 0 radical (unpaired) electrons. The van der Waals surface area contributed by atoms with Crippen LogP contribution in [0.25, 0.3) is 6.08 Å². The van der Waals surface area contributed by atoms with Crippen molar-refractivity contribution in [1.82, 2.24) is 4.57 Å². The first-order valence-corrected chi connectivity index (χ1v) is 10.7. The van der Waals surface area contributed by atoms with Crippen molar-refractivity contribution >= 4 is 29.6 Å². The van der Waals surface area contributed by atoms with Gasteiger partial charge in [-0.05, 0) is 50.1 Å². The monoisotopic (exact) mass is 419 g/mol. The summed E-state index contributed by atoms with van der Waals surface area (Å²) in [5.41, 5.74) is 3.54. The zero-order chi connectivity index (χ0) is 21.5. The second kappa shape index (κ2) is 10.1. The van der Waals surface area contributed by atoms with E-state index < -0.39 is 11.2 Å². The van der Waals surface area contributed by atoms with Crippen molar-refractivity contribution in [3.05, 3.63) is 95.3 Å². The fourth-order valence-corrected chi connectivity index (χ4v) is 3.92. The van der Waals surface area contributed by atoms with E-state index in [2.05, 4.69) is 6.08 Å². The lowest BCUT2D eigenvalue weighted by Crippen LogP contribution is -2.10. The average molecular weight is 420 g/mol. The number of rotatable bonds is 9. The lowest BCUT2D eigenvalue weighted by atomic mass is 10.1. The van der Waals surface area contributed by atoms with Crippen LogP contribution in [0.4, 0.5) is 0 Å². The molecule has 5 heteroatoms. The number of allylic oxidation sites excluding steroid dienone is 1. The first-order valence-electron chi connectivity index (χ1n) is 9.86. The molecule has 3 rings (SSSR count). The molecule has 0 aliphatic carbocycles. The predicted molar refractivity (Wildman–Crippen MR) is 122 cm³/mol. The molecule has 0 aliphatic rings. The van der Waals surface area contributed by atoms with E-state index in [1.54, 1.807) is 6.92 Å². The number of hydrogen-bond donors (Lipinski definition) is 1. The molecule has 1 N–H and O–H groups in total. The van der Waals surface area contributed by atoms with E-state index in [4.69, 9.17) is 5.11 Å². The Kier molecular flexibility index (Phi) is 7.31. The van der Waals surface area contributed by atoms with Gasteiger partial charge in [0.2, 0.25) is 5.78 Å². The summed E-state index contributed by atoms with van der Waals surface area (Å²) in [6.07, 6.45) is 6.82. The molecule has 1 heterocycles. The van der Waals surface area contributed by atoms with Crippen LogP contribution in [0.3, 0.4) is 0 Å². The molecule has 0 saturated heterocycles. The van der Waals surface area contributed by atoms with E-state index in [0.717, 1.165) is 22.4 Å². The van der Waals surface area contributed by atoms with E-state index in [1.165, 1.54) is 11.8 Å². The number of carboxylic acids is 1. The van der Waals surface area contributed by atoms with Gasteiger partial charge < -0.3 is 9.67 Å². The number of carbonyl (C=O) groups excluding carboxylic acids is 1. The van der Waals surface area contributed by atoms with Gasteiger partial charge in [-0.2, -0.15) is 0 Å². The summed E-state index contributed by atoms with van der Waals surface area (Å²) in [4.78, 5) is 24.7. The molecule has 0 spiro atoms. The number of ketones is 1. The van der Waals surface area contributed by atoms with Crippen molar-refractivity contribution < 1.29 is 14.7 Å². The average Bonchev–Trinajstić information content (AvgIpc) is 3.20. The van der Waals surface area contributed by atoms with Gasteiger partial charge in [0.05, 0.1) is 5.69 Å².